The fourth-order valence-corrected chi connectivity index (χ4v) is 4.86. The molecule has 1 aromatic carbocycles. The number of piperidine rings is 1. The monoisotopic (exact) mass is 386 g/mol. The molecule has 1 N–H and O–H groups in total. The fraction of sp³-hybridized carbons (Fsp3) is 0.440. The zero-order valence-electron chi connectivity index (χ0n) is 17.3. The van der Waals surface area contributed by atoms with Crippen LogP contribution in [0.5, 0.6) is 0 Å². The average Bonchev–Trinajstić information content (AvgIpc) is 3.13. The van der Waals surface area contributed by atoms with Gasteiger partial charge in [0.1, 0.15) is 5.82 Å². The number of pyridine rings is 1. The molecule has 1 saturated heterocycles. The number of benzene rings is 1. The molecule has 150 valence electrons. The Morgan fingerprint density at radius 2 is 1.93 bits per heavy atom. The summed E-state index contributed by atoms with van der Waals surface area (Å²) in [5.41, 5.74) is 4.83. The molecule has 5 rings (SSSR count). The fourth-order valence-electron chi connectivity index (χ4n) is 4.86. The number of aromatic nitrogens is 1. The molecular weight excluding hydrogens is 356 g/mol. The first-order valence-electron chi connectivity index (χ1n) is 11.0. The van der Waals surface area contributed by atoms with Crippen LogP contribution in [0.4, 0.5) is 5.82 Å². The summed E-state index contributed by atoms with van der Waals surface area (Å²) in [5.74, 6) is 1.46. The second kappa shape index (κ2) is 7.75. The van der Waals surface area contributed by atoms with Crippen molar-refractivity contribution in [1.29, 1.82) is 0 Å². The summed E-state index contributed by atoms with van der Waals surface area (Å²) < 4.78 is 0. The van der Waals surface area contributed by atoms with E-state index in [2.05, 4.69) is 58.0 Å². The quantitative estimate of drug-likeness (QED) is 0.724. The molecule has 1 aromatic heterocycles. The maximum atomic E-state index is 4.62. The van der Waals surface area contributed by atoms with E-state index >= 15 is 0 Å². The van der Waals surface area contributed by atoms with Crippen LogP contribution in [0.1, 0.15) is 51.0 Å². The summed E-state index contributed by atoms with van der Waals surface area (Å²) in [6.07, 6.45) is 11.5. The topological polar surface area (TPSA) is 40.5 Å². The first-order valence-corrected chi connectivity index (χ1v) is 11.0. The Kier molecular flexibility index (Phi) is 4.96. The van der Waals surface area contributed by atoms with Crippen LogP contribution >= 0.6 is 0 Å². The lowest BCUT2D eigenvalue weighted by atomic mass is 9.77. The number of aliphatic imine (C=N–C) groups is 1. The summed E-state index contributed by atoms with van der Waals surface area (Å²) >= 11 is 0. The van der Waals surface area contributed by atoms with Crippen molar-refractivity contribution in [3.05, 3.63) is 54.5 Å². The van der Waals surface area contributed by atoms with Gasteiger partial charge in [0, 0.05) is 47.6 Å². The summed E-state index contributed by atoms with van der Waals surface area (Å²) in [7, 11) is 0. The molecule has 2 aliphatic heterocycles. The van der Waals surface area contributed by atoms with E-state index in [1.165, 1.54) is 67.4 Å². The second-order valence-electron chi connectivity index (χ2n) is 8.90. The molecule has 0 spiro atoms. The van der Waals surface area contributed by atoms with Crippen molar-refractivity contribution in [2.45, 2.75) is 51.5 Å². The van der Waals surface area contributed by atoms with Gasteiger partial charge in [-0.1, -0.05) is 25.1 Å². The Hall–Kier alpha value is -2.46. The lowest BCUT2D eigenvalue weighted by Crippen LogP contribution is -2.47. The Bertz CT molecular complexity index is 991. The summed E-state index contributed by atoms with van der Waals surface area (Å²) in [6, 6.07) is 9.48. The highest BCUT2D eigenvalue weighted by atomic mass is 15.2. The van der Waals surface area contributed by atoms with Gasteiger partial charge in [-0.15, -0.1) is 0 Å². The van der Waals surface area contributed by atoms with E-state index < -0.39 is 0 Å². The predicted octanol–water partition coefficient (Wildman–Crippen LogP) is 5.63. The lowest BCUT2D eigenvalue weighted by molar-refractivity contribution is 0.0759. The van der Waals surface area contributed by atoms with Crippen molar-refractivity contribution >= 4 is 27.9 Å². The van der Waals surface area contributed by atoms with Gasteiger partial charge in [-0.25, -0.2) is 4.98 Å². The first kappa shape index (κ1) is 18.6. The van der Waals surface area contributed by atoms with E-state index in [9.17, 15) is 0 Å². The molecule has 0 unspecified atom stereocenters. The van der Waals surface area contributed by atoms with Gasteiger partial charge in [0.05, 0.1) is 0 Å². The SMILES string of the molecule is C=C(Nc1cc2cc(C3=CN=C(C)C3)ccc2cn1)C1CC(N2CCCCC2)C1. The Morgan fingerprint density at radius 1 is 1.10 bits per heavy atom. The van der Waals surface area contributed by atoms with E-state index in [0.717, 1.165) is 29.4 Å². The summed E-state index contributed by atoms with van der Waals surface area (Å²) in [5, 5.41) is 5.86. The van der Waals surface area contributed by atoms with Crippen LogP contribution in [0.2, 0.25) is 0 Å². The molecule has 2 aromatic rings. The molecule has 1 saturated carbocycles. The van der Waals surface area contributed by atoms with E-state index in [1.54, 1.807) is 0 Å². The van der Waals surface area contributed by atoms with E-state index in [4.69, 9.17) is 0 Å². The number of anilines is 1. The standard InChI is InChI=1S/C25H30N4/c1-17-10-23(16-26-17)19-6-7-20-15-27-25(14-22(20)11-19)28-18(2)21-12-24(13-21)29-8-4-3-5-9-29/h6-7,11,14-16,21,24H,2-5,8-10,12-13H2,1H3,(H,27,28). The number of likely N-dealkylation sites (tertiary alicyclic amines) is 1. The number of nitrogens with one attached hydrogen (secondary N) is 1. The maximum Gasteiger partial charge on any atom is 0.130 e. The van der Waals surface area contributed by atoms with Crippen LogP contribution in [0.15, 0.2) is 53.9 Å². The normalized spacial score (nSPS) is 24.7. The third kappa shape index (κ3) is 3.86. The second-order valence-corrected chi connectivity index (χ2v) is 8.90. The molecule has 2 fully saturated rings. The third-order valence-electron chi connectivity index (χ3n) is 6.78. The van der Waals surface area contributed by atoms with Crippen molar-refractivity contribution in [2.75, 3.05) is 18.4 Å². The van der Waals surface area contributed by atoms with E-state index in [-0.39, 0.29) is 0 Å². The van der Waals surface area contributed by atoms with Crippen molar-refractivity contribution < 1.29 is 0 Å². The summed E-state index contributed by atoms with van der Waals surface area (Å²) in [6.45, 7) is 8.98. The average molecular weight is 387 g/mol. The highest BCUT2D eigenvalue weighted by molar-refractivity contribution is 5.98. The minimum absolute atomic E-state index is 0.564. The first-order chi connectivity index (χ1) is 14.2. The molecular formula is C25H30N4. The minimum Gasteiger partial charge on any atom is -0.344 e. The van der Waals surface area contributed by atoms with Crippen LogP contribution in [-0.4, -0.2) is 34.7 Å². The van der Waals surface area contributed by atoms with Gasteiger partial charge < -0.3 is 10.2 Å². The third-order valence-corrected chi connectivity index (χ3v) is 6.78. The van der Waals surface area contributed by atoms with Crippen LogP contribution in [0.3, 0.4) is 0 Å². The molecule has 4 nitrogen and oxygen atoms in total. The number of hydrogen-bond donors (Lipinski definition) is 1. The van der Waals surface area contributed by atoms with E-state index in [1.807, 2.05) is 12.4 Å². The number of allylic oxidation sites excluding steroid dienone is 2. The van der Waals surface area contributed by atoms with Gasteiger partial charge in [-0.05, 0) is 74.4 Å². The Labute approximate surface area is 173 Å². The molecule has 4 heteroatoms. The number of fused-ring (bicyclic) bond motifs is 1. The van der Waals surface area contributed by atoms with Crippen molar-refractivity contribution in [2.24, 2.45) is 10.9 Å². The zero-order valence-corrected chi connectivity index (χ0v) is 17.3. The zero-order chi connectivity index (χ0) is 19.8. The summed E-state index contributed by atoms with van der Waals surface area (Å²) in [4.78, 5) is 11.7. The molecule has 0 atom stereocenters. The predicted molar refractivity (Wildman–Crippen MR) is 122 cm³/mol. The molecule has 0 radical (unpaired) electrons. The number of nitrogens with zero attached hydrogens (tertiary/aromatic N) is 3. The molecule has 3 aliphatic rings. The van der Waals surface area contributed by atoms with Gasteiger partial charge in [-0.2, -0.15) is 0 Å². The Morgan fingerprint density at radius 3 is 2.69 bits per heavy atom. The van der Waals surface area contributed by atoms with Gasteiger partial charge in [-0.3, -0.25) is 4.99 Å². The van der Waals surface area contributed by atoms with Crippen LogP contribution in [-0.2, 0) is 0 Å². The van der Waals surface area contributed by atoms with Gasteiger partial charge in [0.15, 0.2) is 0 Å². The number of hydrogen-bond acceptors (Lipinski definition) is 4. The van der Waals surface area contributed by atoms with Gasteiger partial charge >= 0.3 is 0 Å². The van der Waals surface area contributed by atoms with Crippen molar-refractivity contribution in [3.8, 4) is 0 Å². The Balaban J connectivity index is 1.24. The minimum atomic E-state index is 0.564. The lowest BCUT2D eigenvalue weighted by Gasteiger charge is -2.45. The number of rotatable bonds is 5. The van der Waals surface area contributed by atoms with Crippen LogP contribution in [0, 0.1) is 5.92 Å². The van der Waals surface area contributed by atoms with Gasteiger partial charge in [0.25, 0.3) is 0 Å². The van der Waals surface area contributed by atoms with Crippen molar-refractivity contribution in [1.82, 2.24) is 9.88 Å². The molecule has 0 amide bonds. The smallest absolute Gasteiger partial charge is 0.130 e. The molecule has 29 heavy (non-hydrogen) atoms. The van der Waals surface area contributed by atoms with Crippen LogP contribution in [0.25, 0.3) is 16.3 Å². The maximum absolute atomic E-state index is 4.62. The highest BCUT2D eigenvalue weighted by Gasteiger charge is 2.35. The van der Waals surface area contributed by atoms with Gasteiger partial charge in [0.2, 0.25) is 0 Å². The van der Waals surface area contributed by atoms with Crippen molar-refractivity contribution in [3.63, 3.8) is 0 Å². The largest absolute Gasteiger partial charge is 0.344 e. The van der Waals surface area contributed by atoms with E-state index in [0.29, 0.717) is 5.92 Å². The molecule has 1 aliphatic carbocycles. The highest BCUT2D eigenvalue weighted by Crippen LogP contribution is 2.38. The molecule has 3 heterocycles. The molecule has 0 bridgehead atoms. The van der Waals surface area contributed by atoms with Crippen LogP contribution < -0.4 is 5.32 Å².